The van der Waals surface area contributed by atoms with E-state index in [1.54, 1.807) is 0 Å². The van der Waals surface area contributed by atoms with Crippen LogP contribution in [0.4, 0.5) is 6.01 Å². The van der Waals surface area contributed by atoms with Crippen molar-refractivity contribution in [3.8, 4) is 0 Å². The third-order valence-electron chi connectivity index (χ3n) is 5.66. The Morgan fingerprint density at radius 2 is 1.84 bits per heavy atom. The molecule has 2 heterocycles. The molecule has 0 radical (unpaired) electrons. The van der Waals surface area contributed by atoms with Crippen LogP contribution in [0, 0.1) is 0 Å². The van der Waals surface area contributed by atoms with Crippen molar-refractivity contribution in [2.45, 2.75) is 25.4 Å². The normalized spacial score (nSPS) is 16.3. The lowest BCUT2D eigenvalue weighted by Gasteiger charge is -2.36. The third kappa shape index (κ3) is 6.13. The first-order valence-electron chi connectivity index (χ1n) is 10.7. The molecule has 1 fully saturated rings. The highest BCUT2D eigenvalue weighted by Gasteiger charge is 2.22. The minimum absolute atomic E-state index is 0.0687. The van der Waals surface area contributed by atoms with Crippen LogP contribution in [0.2, 0.25) is 10.0 Å². The SMILES string of the molecule is O=C(O)CCC(CN1CCN(Cc2ccc(Cl)c(Cl)c2)CC1)Nc1nc2ccccc2o1. The fourth-order valence-electron chi connectivity index (χ4n) is 3.95. The number of nitrogens with one attached hydrogen (secondary N) is 1. The summed E-state index contributed by atoms with van der Waals surface area (Å²) < 4.78 is 5.78. The number of hydrogen-bond donors (Lipinski definition) is 2. The number of para-hydroxylation sites is 2. The fourth-order valence-corrected chi connectivity index (χ4v) is 4.27. The first-order chi connectivity index (χ1) is 15.5. The summed E-state index contributed by atoms with van der Waals surface area (Å²) in [6.45, 7) is 5.21. The predicted octanol–water partition coefficient (Wildman–Crippen LogP) is 4.60. The number of carboxylic acid groups (broad SMARTS) is 1. The van der Waals surface area contributed by atoms with Gasteiger partial charge in [-0.25, -0.2) is 0 Å². The van der Waals surface area contributed by atoms with E-state index in [-0.39, 0.29) is 12.5 Å². The summed E-state index contributed by atoms with van der Waals surface area (Å²) in [6.07, 6.45) is 0.590. The second-order valence-electron chi connectivity index (χ2n) is 8.09. The zero-order valence-corrected chi connectivity index (χ0v) is 19.1. The van der Waals surface area contributed by atoms with Gasteiger partial charge in [0.1, 0.15) is 5.52 Å². The average molecular weight is 477 g/mol. The lowest BCUT2D eigenvalue weighted by molar-refractivity contribution is -0.137. The maximum absolute atomic E-state index is 11.1. The second kappa shape index (κ2) is 10.5. The lowest BCUT2D eigenvalue weighted by atomic mass is 10.1. The molecule has 32 heavy (non-hydrogen) atoms. The number of piperazine rings is 1. The Kier molecular flexibility index (Phi) is 7.52. The summed E-state index contributed by atoms with van der Waals surface area (Å²) in [5, 5.41) is 13.6. The molecule has 1 aromatic heterocycles. The van der Waals surface area contributed by atoms with Crippen molar-refractivity contribution < 1.29 is 14.3 Å². The van der Waals surface area contributed by atoms with E-state index in [2.05, 4.69) is 20.1 Å². The second-order valence-corrected chi connectivity index (χ2v) is 8.90. The van der Waals surface area contributed by atoms with E-state index in [1.165, 1.54) is 0 Å². The Balaban J connectivity index is 1.33. The molecule has 1 unspecified atom stereocenters. The highest BCUT2D eigenvalue weighted by atomic mass is 35.5. The van der Waals surface area contributed by atoms with Gasteiger partial charge in [0.2, 0.25) is 0 Å². The summed E-state index contributed by atoms with van der Waals surface area (Å²) in [6, 6.07) is 13.7. The van der Waals surface area contributed by atoms with Crippen molar-refractivity contribution in [3.63, 3.8) is 0 Å². The predicted molar refractivity (Wildman–Crippen MR) is 126 cm³/mol. The monoisotopic (exact) mass is 476 g/mol. The maximum atomic E-state index is 11.1. The van der Waals surface area contributed by atoms with Gasteiger partial charge in [0, 0.05) is 51.7 Å². The standard InChI is InChI=1S/C23H26Cl2N4O3/c24-18-7-5-16(13-19(18)25)14-28-9-11-29(12-10-28)15-17(6-8-22(30)31)26-23-27-20-3-1-2-4-21(20)32-23/h1-5,7,13,17H,6,8-12,14-15H2,(H,26,27)(H,30,31). The van der Waals surface area contributed by atoms with Gasteiger partial charge in [-0.05, 0) is 36.2 Å². The summed E-state index contributed by atoms with van der Waals surface area (Å²) >= 11 is 12.1. The molecule has 0 amide bonds. The van der Waals surface area contributed by atoms with E-state index >= 15 is 0 Å². The quantitative estimate of drug-likeness (QED) is 0.466. The number of benzene rings is 2. The van der Waals surface area contributed by atoms with Gasteiger partial charge in [0.05, 0.1) is 10.0 Å². The molecule has 1 saturated heterocycles. The van der Waals surface area contributed by atoms with Crippen LogP contribution in [-0.4, -0.2) is 64.6 Å². The summed E-state index contributed by atoms with van der Waals surface area (Å²) in [7, 11) is 0. The van der Waals surface area contributed by atoms with Crippen LogP contribution in [0.25, 0.3) is 11.1 Å². The van der Waals surface area contributed by atoms with E-state index in [4.69, 9.17) is 32.7 Å². The Morgan fingerprint density at radius 3 is 2.56 bits per heavy atom. The number of rotatable bonds is 9. The van der Waals surface area contributed by atoms with Gasteiger partial charge in [0.25, 0.3) is 6.01 Å². The Bertz CT molecular complexity index is 1030. The highest BCUT2D eigenvalue weighted by Crippen LogP contribution is 2.24. The van der Waals surface area contributed by atoms with Crippen LogP contribution in [0.5, 0.6) is 0 Å². The zero-order valence-electron chi connectivity index (χ0n) is 17.6. The van der Waals surface area contributed by atoms with Crippen molar-refractivity contribution in [1.29, 1.82) is 0 Å². The summed E-state index contributed by atoms with van der Waals surface area (Å²) in [5.74, 6) is -0.805. The van der Waals surface area contributed by atoms with Crippen LogP contribution in [-0.2, 0) is 11.3 Å². The lowest BCUT2D eigenvalue weighted by Crippen LogP contribution is -2.49. The molecule has 7 nitrogen and oxygen atoms in total. The van der Waals surface area contributed by atoms with Crippen LogP contribution < -0.4 is 5.32 Å². The minimum Gasteiger partial charge on any atom is -0.481 e. The van der Waals surface area contributed by atoms with Gasteiger partial charge < -0.3 is 14.8 Å². The number of oxazole rings is 1. The highest BCUT2D eigenvalue weighted by molar-refractivity contribution is 6.42. The van der Waals surface area contributed by atoms with Gasteiger partial charge in [-0.2, -0.15) is 4.98 Å². The van der Waals surface area contributed by atoms with Crippen LogP contribution in [0.3, 0.4) is 0 Å². The number of hydrogen-bond acceptors (Lipinski definition) is 6. The molecule has 170 valence electrons. The maximum Gasteiger partial charge on any atom is 0.303 e. The van der Waals surface area contributed by atoms with E-state index in [1.807, 2.05) is 42.5 Å². The van der Waals surface area contributed by atoms with E-state index in [0.717, 1.165) is 50.3 Å². The van der Waals surface area contributed by atoms with Gasteiger partial charge in [-0.15, -0.1) is 0 Å². The Morgan fingerprint density at radius 1 is 1.09 bits per heavy atom. The molecule has 1 aliphatic rings. The van der Waals surface area contributed by atoms with Crippen molar-refractivity contribution in [3.05, 3.63) is 58.1 Å². The van der Waals surface area contributed by atoms with Crippen molar-refractivity contribution >= 4 is 46.3 Å². The van der Waals surface area contributed by atoms with Gasteiger partial charge in [-0.1, -0.05) is 41.4 Å². The Labute approximate surface area is 196 Å². The number of carboxylic acids is 1. The molecule has 3 aromatic rings. The third-order valence-corrected chi connectivity index (χ3v) is 6.40. The number of halogens is 2. The van der Waals surface area contributed by atoms with Crippen molar-refractivity contribution in [2.24, 2.45) is 0 Å². The molecule has 0 bridgehead atoms. The van der Waals surface area contributed by atoms with Crippen LogP contribution >= 0.6 is 23.2 Å². The molecule has 0 saturated carbocycles. The zero-order chi connectivity index (χ0) is 22.5. The van der Waals surface area contributed by atoms with Crippen LogP contribution in [0.15, 0.2) is 46.9 Å². The van der Waals surface area contributed by atoms with Crippen molar-refractivity contribution in [2.75, 3.05) is 38.0 Å². The topological polar surface area (TPSA) is 81.8 Å². The van der Waals surface area contributed by atoms with Gasteiger partial charge in [-0.3, -0.25) is 14.6 Å². The number of anilines is 1. The van der Waals surface area contributed by atoms with E-state index in [0.29, 0.717) is 28.1 Å². The molecule has 9 heteroatoms. The van der Waals surface area contributed by atoms with E-state index in [9.17, 15) is 4.79 Å². The molecular formula is C23H26Cl2N4O3. The van der Waals surface area contributed by atoms with Crippen LogP contribution in [0.1, 0.15) is 18.4 Å². The molecule has 2 N–H and O–H groups in total. The summed E-state index contributed by atoms with van der Waals surface area (Å²) in [4.78, 5) is 20.4. The first kappa shape index (κ1) is 22.9. The van der Waals surface area contributed by atoms with Gasteiger partial charge in [0.15, 0.2) is 5.58 Å². The minimum atomic E-state index is -0.805. The molecule has 2 aromatic carbocycles. The molecule has 4 rings (SSSR count). The Hall–Kier alpha value is -2.32. The number of fused-ring (bicyclic) bond motifs is 1. The fraction of sp³-hybridized carbons (Fsp3) is 0.391. The number of aliphatic carboxylic acids is 1. The number of carbonyl (C=O) groups is 1. The molecule has 0 spiro atoms. The molecular weight excluding hydrogens is 451 g/mol. The number of nitrogens with zero attached hydrogens (tertiary/aromatic N) is 3. The van der Waals surface area contributed by atoms with Gasteiger partial charge >= 0.3 is 5.97 Å². The largest absolute Gasteiger partial charge is 0.481 e. The van der Waals surface area contributed by atoms with E-state index < -0.39 is 5.97 Å². The first-order valence-corrected chi connectivity index (χ1v) is 11.4. The smallest absolute Gasteiger partial charge is 0.303 e. The molecule has 0 aliphatic carbocycles. The molecule has 1 atom stereocenters. The van der Waals surface area contributed by atoms with Crippen molar-refractivity contribution in [1.82, 2.24) is 14.8 Å². The number of aromatic nitrogens is 1. The molecule has 1 aliphatic heterocycles. The average Bonchev–Trinajstić information content (AvgIpc) is 3.18. The summed E-state index contributed by atoms with van der Waals surface area (Å²) in [5.41, 5.74) is 2.63.